The van der Waals surface area contributed by atoms with Gasteiger partial charge >= 0.3 is 0 Å². The number of carbonyl (C=O) groups excluding carboxylic acids is 1. The zero-order chi connectivity index (χ0) is 16.2. The fourth-order valence-corrected chi connectivity index (χ4v) is 3.01. The maximum absolute atomic E-state index is 12.9. The second-order valence-corrected chi connectivity index (χ2v) is 5.94. The Bertz CT molecular complexity index is 693. The molecule has 2 aromatic rings. The Hall–Kier alpha value is -1.69. The molecule has 1 aromatic heterocycles. The van der Waals surface area contributed by atoms with Crippen molar-refractivity contribution in [1.82, 2.24) is 20.2 Å². The van der Waals surface area contributed by atoms with E-state index in [0.717, 1.165) is 25.1 Å². The molecule has 5 nitrogen and oxygen atoms in total. The topological polar surface area (TPSA) is 58.1 Å². The number of aryl methyl sites for hydroxylation is 1. The molecule has 2 heterocycles. The van der Waals surface area contributed by atoms with Gasteiger partial charge in [-0.15, -0.1) is 12.4 Å². The summed E-state index contributed by atoms with van der Waals surface area (Å²) in [4.78, 5) is 22.6. The van der Waals surface area contributed by atoms with Crippen LogP contribution in [-0.4, -0.2) is 40.4 Å². The molecule has 0 radical (unpaired) electrons. The standard InChI is InChI=1S/C17H19ClN4O.ClH/c1-2-12-3-5-13(6-4-12)15-10-19-7-8-22(15)17(23)16-14(18)9-20-11-21-16;/h3-6,9,11,15,19H,2,7-8,10H2,1H3;1H. The molecule has 0 spiro atoms. The van der Waals surface area contributed by atoms with Crippen LogP contribution in [0.5, 0.6) is 0 Å². The Morgan fingerprint density at radius 2 is 2.12 bits per heavy atom. The van der Waals surface area contributed by atoms with Gasteiger partial charge in [-0.2, -0.15) is 0 Å². The highest BCUT2D eigenvalue weighted by Crippen LogP contribution is 2.25. The lowest BCUT2D eigenvalue weighted by molar-refractivity contribution is 0.0628. The fourth-order valence-electron chi connectivity index (χ4n) is 2.83. The first-order valence-corrected chi connectivity index (χ1v) is 8.14. The summed E-state index contributed by atoms with van der Waals surface area (Å²) < 4.78 is 0. The molecule has 128 valence electrons. The van der Waals surface area contributed by atoms with Crippen molar-refractivity contribution in [2.24, 2.45) is 0 Å². The lowest BCUT2D eigenvalue weighted by Crippen LogP contribution is -2.49. The SMILES string of the molecule is CCc1ccc(C2CNCCN2C(=O)c2ncncc2Cl)cc1.Cl. The van der Waals surface area contributed by atoms with Crippen molar-refractivity contribution in [3.8, 4) is 0 Å². The normalized spacial score (nSPS) is 17.2. The highest BCUT2D eigenvalue weighted by molar-refractivity contribution is 6.33. The number of rotatable bonds is 3. The molecular weight excluding hydrogens is 347 g/mol. The minimum atomic E-state index is -0.150. The van der Waals surface area contributed by atoms with Gasteiger partial charge in [0.2, 0.25) is 0 Å². The van der Waals surface area contributed by atoms with Gasteiger partial charge in [0, 0.05) is 25.8 Å². The van der Waals surface area contributed by atoms with Crippen molar-refractivity contribution in [1.29, 1.82) is 0 Å². The summed E-state index contributed by atoms with van der Waals surface area (Å²) in [5, 5.41) is 3.64. The Kier molecular flexibility index (Phi) is 6.54. The molecule has 1 saturated heterocycles. The van der Waals surface area contributed by atoms with Gasteiger partial charge in [0.1, 0.15) is 12.0 Å². The maximum Gasteiger partial charge on any atom is 0.274 e. The third kappa shape index (κ3) is 3.86. The second kappa shape index (κ2) is 8.42. The summed E-state index contributed by atoms with van der Waals surface area (Å²) in [6.07, 6.45) is 3.81. The molecule has 3 rings (SSSR count). The molecule has 24 heavy (non-hydrogen) atoms. The molecule has 0 saturated carbocycles. The van der Waals surface area contributed by atoms with Gasteiger partial charge in [0.15, 0.2) is 0 Å². The van der Waals surface area contributed by atoms with E-state index in [1.54, 1.807) is 0 Å². The Labute approximate surface area is 152 Å². The van der Waals surface area contributed by atoms with Gasteiger partial charge in [-0.3, -0.25) is 4.79 Å². The molecule has 7 heteroatoms. The number of carbonyl (C=O) groups is 1. The van der Waals surface area contributed by atoms with E-state index in [-0.39, 0.29) is 35.1 Å². The highest BCUT2D eigenvalue weighted by Gasteiger charge is 2.30. The number of aromatic nitrogens is 2. The van der Waals surface area contributed by atoms with Gasteiger partial charge in [-0.1, -0.05) is 42.8 Å². The number of nitrogens with one attached hydrogen (secondary N) is 1. The summed E-state index contributed by atoms with van der Waals surface area (Å²) in [5.74, 6) is -0.150. The van der Waals surface area contributed by atoms with Crippen LogP contribution in [0.25, 0.3) is 0 Å². The second-order valence-electron chi connectivity index (χ2n) is 5.53. The third-order valence-electron chi connectivity index (χ3n) is 4.15. The molecule has 1 fully saturated rings. The molecule has 1 aliphatic rings. The van der Waals surface area contributed by atoms with E-state index in [4.69, 9.17) is 11.6 Å². The van der Waals surface area contributed by atoms with E-state index < -0.39 is 0 Å². The van der Waals surface area contributed by atoms with Crippen LogP contribution in [0, 0.1) is 0 Å². The van der Waals surface area contributed by atoms with Crippen LogP contribution >= 0.6 is 24.0 Å². The van der Waals surface area contributed by atoms with E-state index >= 15 is 0 Å². The summed E-state index contributed by atoms with van der Waals surface area (Å²) in [6.45, 7) is 4.24. The zero-order valence-corrected chi connectivity index (χ0v) is 15.0. The fraction of sp³-hybridized carbons (Fsp3) is 0.353. The highest BCUT2D eigenvalue weighted by atomic mass is 35.5. The van der Waals surface area contributed by atoms with Crippen molar-refractivity contribution in [3.05, 3.63) is 58.6 Å². The number of amides is 1. The quantitative estimate of drug-likeness (QED) is 0.906. The molecule has 1 amide bonds. The Balaban J connectivity index is 0.00000208. The molecule has 0 bridgehead atoms. The molecule has 1 atom stereocenters. The number of piperazine rings is 1. The van der Waals surface area contributed by atoms with E-state index in [1.807, 2.05) is 4.90 Å². The van der Waals surface area contributed by atoms with Crippen molar-refractivity contribution >= 4 is 29.9 Å². The van der Waals surface area contributed by atoms with E-state index in [0.29, 0.717) is 6.54 Å². The van der Waals surface area contributed by atoms with Crippen LogP contribution in [0.15, 0.2) is 36.8 Å². The molecule has 1 aromatic carbocycles. The van der Waals surface area contributed by atoms with E-state index in [9.17, 15) is 4.79 Å². The summed E-state index contributed by atoms with van der Waals surface area (Å²) in [5.41, 5.74) is 2.67. The van der Waals surface area contributed by atoms with E-state index in [2.05, 4.69) is 46.5 Å². The van der Waals surface area contributed by atoms with Crippen molar-refractivity contribution in [2.45, 2.75) is 19.4 Å². The number of nitrogens with zero attached hydrogens (tertiary/aromatic N) is 3. The minimum Gasteiger partial charge on any atom is -0.328 e. The van der Waals surface area contributed by atoms with Gasteiger partial charge in [0.25, 0.3) is 5.91 Å². The van der Waals surface area contributed by atoms with Gasteiger partial charge in [-0.05, 0) is 17.5 Å². The molecule has 1 aliphatic heterocycles. The van der Waals surface area contributed by atoms with Crippen LogP contribution in [0.1, 0.15) is 34.6 Å². The predicted molar refractivity (Wildman–Crippen MR) is 96.8 cm³/mol. The monoisotopic (exact) mass is 366 g/mol. The zero-order valence-electron chi connectivity index (χ0n) is 13.4. The molecule has 0 aliphatic carbocycles. The van der Waals surface area contributed by atoms with Gasteiger partial charge < -0.3 is 10.2 Å². The third-order valence-corrected chi connectivity index (χ3v) is 4.42. The van der Waals surface area contributed by atoms with Gasteiger partial charge in [0.05, 0.1) is 11.1 Å². The Morgan fingerprint density at radius 3 is 2.79 bits per heavy atom. The van der Waals surface area contributed by atoms with Crippen LogP contribution in [-0.2, 0) is 6.42 Å². The smallest absolute Gasteiger partial charge is 0.274 e. The van der Waals surface area contributed by atoms with Gasteiger partial charge in [-0.25, -0.2) is 9.97 Å². The first kappa shape index (κ1) is 18.6. The summed E-state index contributed by atoms with van der Waals surface area (Å²) in [6, 6.07) is 8.40. The molecule has 1 unspecified atom stereocenters. The lowest BCUT2D eigenvalue weighted by Gasteiger charge is -2.36. The molecular formula is C17H20Cl2N4O. The van der Waals surface area contributed by atoms with Crippen LogP contribution < -0.4 is 5.32 Å². The van der Waals surface area contributed by atoms with Crippen LogP contribution in [0.3, 0.4) is 0 Å². The average Bonchev–Trinajstić information content (AvgIpc) is 2.62. The first-order chi connectivity index (χ1) is 11.2. The van der Waals surface area contributed by atoms with Crippen LogP contribution in [0.4, 0.5) is 0 Å². The van der Waals surface area contributed by atoms with Crippen molar-refractivity contribution in [2.75, 3.05) is 19.6 Å². The number of hydrogen-bond acceptors (Lipinski definition) is 4. The van der Waals surface area contributed by atoms with Crippen molar-refractivity contribution < 1.29 is 4.79 Å². The van der Waals surface area contributed by atoms with Crippen molar-refractivity contribution in [3.63, 3.8) is 0 Å². The lowest BCUT2D eigenvalue weighted by atomic mass is 10.0. The number of benzene rings is 1. The average molecular weight is 367 g/mol. The first-order valence-electron chi connectivity index (χ1n) is 7.76. The summed E-state index contributed by atoms with van der Waals surface area (Å²) in [7, 11) is 0. The molecule has 1 N–H and O–H groups in total. The number of hydrogen-bond donors (Lipinski definition) is 1. The maximum atomic E-state index is 12.9. The predicted octanol–water partition coefficient (Wildman–Crippen LogP) is 2.90. The van der Waals surface area contributed by atoms with E-state index in [1.165, 1.54) is 18.1 Å². The Morgan fingerprint density at radius 1 is 1.38 bits per heavy atom. The van der Waals surface area contributed by atoms with Crippen LogP contribution in [0.2, 0.25) is 5.02 Å². The minimum absolute atomic E-state index is 0. The largest absolute Gasteiger partial charge is 0.328 e. The number of halogens is 2. The summed E-state index contributed by atoms with van der Waals surface area (Å²) >= 11 is 6.08.